The van der Waals surface area contributed by atoms with Crippen molar-refractivity contribution >= 4 is 5.95 Å². The van der Waals surface area contributed by atoms with Crippen LogP contribution < -0.4 is 16.5 Å². The molecule has 2 N–H and O–H groups in total. The van der Waals surface area contributed by atoms with Crippen molar-refractivity contribution in [3.8, 4) is 11.9 Å². The van der Waals surface area contributed by atoms with Crippen molar-refractivity contribution in [2.45, 2.75) is 6.30 Å². The molecule has 0 fully saturated rings. The minimum absolute atomic E-state index is 0.0136. The normalized spacial score (nSPS) is 11.0. The SMILES string of the molecule is N#Cc1cccnc1-n1cnc(NNC(F)(F)F)nc1=O. The summed E-state index contributed by atoms with van der Waals surface area (Å²) in [4.78, 5) is 22.4. The third-order valence-corrected chi connectivity index (χ3v) is 2.15. The molecule has 2 rings (SSSR count). The molecule has 8 nitrogen and oxygen atoms in total. The Hall–Kier alpha value is -3.00. The summed E-state index contributed by atoms with van der Waals surface area (Å²) < 4.78 is 36.6. The molecule has 0 amide bonds. The number of aromatic nitrogens is 4. The second-order valence-electron chi connectivity index (χ2n) is 3.57. The lowest BCUT2D eigenvalue weighted by Gasteiger charge is -2.10. The van der Waals surface area contributed by atoms with E-state index in [2.05, 4.69) is 15.0 Å². The van der Waals surface area contributed by atoms with E-state index in [0.717, 1.165) is 16.3 Å². The van der Waals surface area contributed by atoms with Crippen LogP contribution >= 0.6 is 0 Å². The maximum atomic E-state index is 11.9. The van der Waals surface area contributed by atoms with Crippen LogP contribution in [0.3, 0.4) is 0 Å². The van der Waals surface area contributed by atoms with E-state index < -0.39 is 17.9 Å². The molecule has 0 saturated heterocycles. The lowest BCUT2D eigenvalue weighted by Crippen LogP contribution is -2.38. The molecular formula is C10H6F3N7O. The molecule has 0 aliphatic heterocycles. The van der Waals surface area contributed by atoms with E-state index in [1.165, 1.54) is 18.3 Å². The van der Waals surface area contributed by atoms with Gasteiger partial charge in [0.05, 0.1) is 5.56 Å². The minimum atomic E-state index is -4.70. The Labute approximate surface area is 114 Å². The quantitative estimate of drug-likeness (QED) is 0.620. The molecule has 21 heavy (non-hydrogen) atoms. The molecule has 0 aliphatic carbocycles. The van der Waals surface area contributed by atoms with Crippen molar-refractivity contribution in [3.63, 3.8) is 0 Å². The summed E-state index contributed by atoms with van der Waals surface area (Å²) in [6, 6.07) is 4.75. The number of rotatable bonds is 3. The minimum Gasteiger partial charge on any atom is -0.282 e. The molecule has 11 heteroatoms. The van der Waals surface area contributed by atoms with Gasteiger partial charge in [-0.2, -0.15) is 23.4 Å². The Morgan fingerprint density at radius 2 is 2.10 bits per heavy atom. The predicted octanol–water partition coefficient (Wildman–Crippen LogP) is 0.330. The summed E-state index contributed by atoms with van der Waals surface area (Å²) in [7, 11) is 0. The molecule has 0 atom stereocenters. The van der Waals surface area contributed by atoms with E-state index in [1.807, 2.05) is 6.07 Å². The first kappa shape index (κ1) is 14.4. The van der Waals surface area contributed by atoms with E-state index in [1.54, 1.807) is 5.43 Å². The highest BCUT2D eigenvalue weighted by atomic mass is 19.4. The Bertz CT molecular complexity index is 749. The Morgan fingerprint density at radius 1 is 1.33 bits per heavy atom. The summed E-state index contributed by atoms with van der Waals surface area (Å²) in [5.74, 6) is -0.580. The number of halogens is 3. The first-order valence-corrected chi connectivity index (χ1v) is 5.32. The average Bonchev–Trinajstić information content (AvgIpc) is 2.44. The summed E-state index contributed by atoms with van der Waals surface area (Å²) in [6.45, 7) is 0. The molecular weight excluding hydrogens is 291 g/mol. The van der Waals surface area contributed by atoms with E-state index in [0.29, 0.717) is 0 Å². The van der Waals surface area contributed by atoms with Crippen LogP contribution in [0.5, 0.6) is 0 Å². The summed E-state index contributed by atoms with van der Waals surface area (Å²) in [5.41, 5.74) is 1.75. The van der Waals surface area contributed by atoms with Crippen molar-refractivity contribution in [1.82, 2.24) is 24.9 Å². The number of alkyl halides is 3. The predicted molar refractivity (Wildman–Crippen MR) is 63.0 cm³/mol. The van der Waals surface area contributed by atoms with E-state index in [-0.39, 0.29) is 11.4 Å². The van der Waals surface area contributed by atoms with Crippen LogP contribution in [0.2, 0.25) is 0 Å². The summed E-state index contributed by atoms with van der Waals surface area (Å²) in [6.07, 6.45) is -2.44. The fraction of sp³-hybridized carbons (Fsp3) is 0.100. The van der Waals surface area contributed by atoms with Gasteiger partial charge >= 0.3 is 12.0 Å². The van der Waals surface area contributed by atoms with E-state index >= 15 is 0 Å². The first-order valence-electron chi connectivity index (χ1n) is 5.32. The Morgan fingerprint density at radius 3 is 2.71 bits per heavy atom. The highest BCUT2D eigenvalue weighted by Gasteiger charge is 2.27. The monoisotopic (exact) mass is 297 g/mol. The maximum absolute atomic E-state index is 11.9. The van der Waals surface area contributed by atoms with Crippen molar-refractivity contribution in [2.75, 3.05) is 5.43 Å². The maximum Gasteiger partial charge on any atom is 0.474 e. The molecule has 108 valence electrons. The van der Waals surface area contributed by atoms with Crippen LogP contribution in [-0.2, 0) is 0 Å². The fourth-order valence-electron chi connectivity index (χ4n) is 1.34. The standard InChI is InChI=1S/C10H6F3N7O/c11-10(12,13)19-18-8-16-5-20(9(21)17-8)7-6(4-14)2-1-3-15-7/h1-3,5,19H,(H,17,18,21). The Kier molecular flexibility index (Phi) is 3.81. The van der Waals surface area contributed by atoms with Gasteiger partial charge in [0, 0.05) is 6.20 Å². The molecule has 0 spiro atoms. The zero-order chi connectivity index (χ0) is 15.5. The number of pyridine rings is 1. The third-order valence-electron chi connectivity index (χ3n) is 2.15. The number of hydrogen-bond acceptors (Lipinski definition) is 7. The number of nitrogens with zero attached hydrogens (tertiary/aromatic N) is 5. The van der Waals surface area contributed by atoms with Gasteiger partial charge in [-0.1, -0.05) is 0 Å². The highest BCUT2D eigenvalue weighted by Crippen LogP contribution is 2.09. The first-order chi connectivity index (χ1) is 9.90. The van der Waals surface area contributed by atoms with E-state index in [4.69, 9.17) is 5.26 Å². The lowest BCUT2D eigenvalue weighted by atomic mass is 10.3. The van der Waals surface area contributed by atoms with Gasteiger partial charge in [-0.05, 0) is 12.1 Å². The third kappa shape index (κ3) is 3.51. The zero-order valence-electron chi connectivity index (χ0n) is 10.1. The smallest absolute Gasteiger partial charge is 0.282 e. The van der Waals surface area contributed by atoms with Crippen LogP contribution in [0.4, 0.5) is 19.1 Å². The fourth-order valence-corrected chi connectivity index (χ4v) is 1.34. The zero-order valence-corrected chi connectivity index (χ0v) is 10.1. The summed E-state index contributed by atoms with van der Waals surface area (Å²) >= 11 is 0. The van der Waals surface area contributed by atoms with Gasteiger partial charge in [0.25, 0.3) is 0 Å². The van der Waals surface area contributed by atoms with Gasteiger partial charge in [-0.25, -0.2) is 19.3 Å². The number of anilines is 1. The molecule has 0 bridgehead atoms. The van der Waals surface area contributed by atoms with Crippen LogP contribution in [0.15, 0.2) is 29.5 Å². The number of nitrogens with one attached hydrogen (secondary N) is 2. The molecule has 0 unspecified atom stereocenters. The van der Waals surface area contributed by atoms with Crippen LogP contribution in [0, 0.1) is 11.3 Å². The van der Waals surface area contributed by atoms with Crippen molar-refractivity contribution < 1.29 is 13.2 Å². The average molecular weight is 297 g/mol. The second-order valence-corrected chi connectivity index (χ2v) is 3.57. The second kappa shape index (κ2) is 5.55. The number of hydrogen-bond donors (Lipinski definition) is 2. The van der Waals surface area contributed by atoms with Crippen molar-refractivity contribution in [2.24, 2.45) is 0 Å². The summed E-state index contributed by atoms with van der Waals surface area (Å²) in [5, 5.41) is 8.91. The van der Waals surface area contributed by atoms with Gasteiger partial charge in [0.2, 0.25) is 5.95 Å². The van der Waals surface area contributed by atoms with Crippen LogP contribution in [0.25, 0.3) is 5.82 Å². The number of nitriles is 1. The van der Waals surface area contributed by atoms with Gasteiger partial charge in [-0.3, -0.25) is 5.43 Å². The number of hydrazine groups is 1. The molecule has 2 heterocycles. The largest absolute Gasteiger partial charge is 0.474 e. The van der Waals surface area contributed by atoms with Crippen LogP contribution in [-0.4, -0.2) is 25.8 Å². The lowest BCUT2D eigenvalue weighted by molar-refractivity contribution is -0.151. The van der Waals surface area contributed by atoms with Gasteiger partial charge in [-0.15, -0.1) is 5.43 Å². The topological polar surface area (TPSA) is 109 Å². The van der Waals surface area contributed by atoms with Gasteiger partial charge < -0.3 is 0 Å². The molecule has 0 aromatic carbocycles. The van der Waals surface area contributed by atoms with E-state index in [9.17, 15) is 18.0 Å². The molecule has 2 aromatic heterocycles. The van der Waals surface area contributed by atoms with Crippen LogP contribution in [0.1, 0.15) is 5.56 Å². The van der Waals surface area contributed by atoms with Crippen molar-refractivity contribution in [3.05, 3.63) is 40.7 Å². The van der Waals surface area contributed by atoms with Gasteiger partial charge in [0.15, 0.2) is 5.82 Å². The van der Waals surface area contributed by atoms with Crippen molar-refractivity contribution in [1.29, 1.82) is 5.26 Å². The highest BCUT2D eigenvalue weighted by molar-refractivity contribution is 5.42. The molecule has 0 aliphatic rings. The Balaban J connectivity index is 2.32. The molecule has 0 radical (unpaired) electrons. The molecule has 2 aromatic rings. The molecule has 0 saturated carbocycles. The van der Waals surface area contributed by atoms with Gasteiger partial charge in [0.1, 0.15) is 12.4 Å².